The molecule has 34 heavy (non-hydrogen) atoms. The summed E-state index contributed by atoms with van der Waals surface area (Å²) in [6.07, 6.45) is 1.10. The third kappa shape index (κ3) is 5.60. The number of thiocarbonyl (C=S) groups is 1. The fourth-order valence-electron chi connectivity index (χ4n) is 4.39. The van der Waals surface area contributed by atoms with Crippen LogP contribution in [-0.4, -0.2) is 32.7 Å². The van der Waals surface area contributed by atoms with E-state index in [1.54, 1.807) is 6.07 Å². The number of piperidine rings is 1. The summed E-state index contributed by atoms with van der Waals surface area (Å²) in [5.41, 5.74) is 1.83. The first-order valence-corrected chi connectivity index (χ1v) is 11.9. The summed E-state index contributed by atoms with van der Waals surface area (Å²) >= 11 is 5.44. The van der Waals surface area contributed by atoms with E-state index in [0.717, 1.165) is 31.3 Å². The van der Waals surface area contributed by atoms with E-state index in [2.05, 4.69) is 53.0 Å². The van der Waals surface area contributed by atoms with Gasteiger partial charge in [-0.05, 0) is 54.2 Å². The number of nitrogens with one attached hydrogen (secondary N) is 1. The van der Waals surface area contributed by atoms with Gasteiger partial charge in [-0.15, -0.1) is 0 Å². The van der Waals surface area contributed by atoms with Crippen molar-refractivity contribution in [1.29, 1.82) is 0 Å². The summed E-state index contributed by atoms with van der Waals surface area (Å²) in [4.78, 5) is 6.57. The Morgan fingerprint density at radius 2 is 1.76 bits per heavy atom. The lowest BCUT2D eigenvalue weighted by Gasteiger charge is -2.34. The molecule has 180 valence electrons. The Morgan fingerprint density at radius 3 is 2.41 bits per heavy atom. The summed E-state index contributed by atoms with van der Waals surface area (Å²) in [6, 6.07) is 14.1. The zero-order valence-corrected chi connectivity index (χ0v) is 20.2. The van der Waals surface area contributed by atoms with Gasteiger partial charge in [0.1, 0.15) is 5.82 Å². The molecule has 0 bridgehead atoms. The van der Waals surface area contributed by atoms with Crippen LogP contribution in [-0.2, 0) is 12.7 Å². The predicted molar refractivity (Wildman–Crippen MR) is 133 cm³/mol. The van der Waals surface area contributed by atoms with E-state index in [1.807, 2.05) is 17.3 Å². The predicted octanol–water partition coefficient (Wildman–Crippen LogP) is 6.65. The molecular formula is C26H29F3N4S. The third-order valence-corrected chi connectivity index (χ3v) is 6.73. The highest BCUT2D eigenvalue weighted by atomic mass is 32.1. The smallest absolute Gasteiger partial charge is 0.349 e. The van der Waals surface area contributed by atoms with Crippen molar-refractivity contribution >= 4 is 23.0 Å². The van der Waals surface area contributed by atoms with Crippen LogP contribution in [0, 0.1) is 0 Å². The largest absolute Gasteiger partial charge is 0.418 e. The normalized spacial score (nSPS) is 15.1. The van der Waals surface area contributed by atoms with E-state index >= 15 is 0 Å². The number of nitrogens with zero attached hydrogens (tertiary/aromatic N) is 3. The Bertz CT molecular complexity index is 1110. The van der Waals surface area contributed by atoms with Crippen molar-refractivity contribution in [3.8, 4) is 0 Å². The molecule has 8 heteroatoms. The minimum absolute atomic E-state index is 0.0128. The average molecular weight is 487 g/mol. The molecular weight excluding hydrogens is 457 g/mol. The number of imidazole rings is 1. The maximum atomic E-state index is 13.3. The van der Waals surface area contributed by atoms with Gasteiger partial charge in [0.05, 0.1) is 11.3 Å². The van der Waals surface area contributed by atoms with Gasteiger partial charge in [-0.25, -0.2) is 4.98 Å². The summed E-state index contributed by atoms with van der Waals surface area (Å²) in [6.45, 7) is 6.47. The Labute approximate surface area is 203 Å². The van der Waals surface area contributed by atoms with Crippen LogP contribution in [0.3, 0.4) is 0 Å². The van der Waals surface area contributed by atoms with Crippen LogP contribution in [0.25, 0.3) is 0 Å². The average Bonchev–Trinajstić information content (AvgIpc) is 3.27. The van der Waals surface area contributed by atoms with E-state index < -0.39 is 11.7 Å². The zero-order chi connectivity index (χ0) is 24.3. The Balaban J connectivity index is 1.37. The Hall–Kier alpha value is -2.87. The number of benzene rings is 2. The minimum Gasteiger partial charge on any atom is -0.349 e. The highest BCUT2D eigenvalue weighted by molar-refractivity contribution is 7.80. The summed E-state index contributed by atoms with van der Waals surface area (Å²) in [7, 11) is 0. The maximum Gasteiger partial charge on any atom is 0.418 e. The topological polar surface area (TPSA) is 33.1 Å². The third-order valence-electron chi connectivity index (χ3n) is 6.37. The quantitative estimate of drug-likeness (QED) is 0.409. The number of para-hydroxylation sites is 1. The van der Waals surface area contributed by atoms with Gasteiger partial charge in [-0.1, -0.05) is 50.2 Å². The van der Waals surface area contributed by atoms with Crippen LogP contribution in [0.15, 0.2) is 60.9 Å². The lowest BCUT2D eigenvalue weighted by atomic mass is 9.96. The lowest BCUT2D eigenvalue weighted by Crippen LogP contribution is -2.41. The minimum atomic E-state index is -4.43. The number of anilines is 1. The van der Waals surface area contributed by atoms with Crippen LogP contribution < -0.4 is 5.32 Å². The molecule has 0 aliphatic carbocycles. The van der Waals surface area contributed by atoms with E-state index in [9.17, 15) is 13.2 Å². The molecule has 0 unspecified atom stereocenters. The second kappa shape index (κ2) is 10.2. The van der Waals surface area contributed by atoms with Gasteiger partial charge < -0.3 is 14.8 Å². The monoisotopic (exact) mass is 486 g/mol. The molecule has 1 fully saturated rings. The highest BCUT2D eigenvalue weighted by Crippen LogP contribution is 2.35. The van der Waals surface area contributed by atoms with Gasteiger partial charge >= 0.3 is 6.18 Å². The van der Waals surface area contributed by atoms with Crippen LogP contribution in [0.5, 0.6) is 0 Å². The van der Waals surface area contributed by atoms with Crippen LogP contribution in [0.1, 0.15) is 61.0 Å². The SMILES string of the molecule is CC(C)c1ccc(Cn2ccnc2C2CCN(C(=S)Nc3ccccc3C(F)(F)F)CC2)cc1. The second-order valence-electron chi connectivity index (χ2n) is 9.04. The van der Waals surface area contributed by atoms with Crippen molar-refractivity contribution in [2.24, 2.45) is 0 Å². The van der Waals surface area contributed by atoms with Crippen LogP contribution in [0.2, 0.25) is 0 Å². The number of hydrogen-bond donors (Lipinski definition) is 1. The van der Waals surface area contributed by atoms with E-state index in [-0.39, 0.29) is 11.6 Å². The first-order valence-electron chi connectivity index (χ1n) is 11.5. The maximum absolute atomic E-state index is 13.3. The van der Waals surface area contributed by atoms with E-state index in [0.29, 0.717) is 24.1 Å². The molecule has 2 aromatic carbocycles. The summed E-state index contributed by atoms with van der Waals surface area (Å²) in [5, 5.41) is 3.13. The van der Waals surface area contributed by atoms with Crippen LogP contribution in [0.4, 0.5) is 18.9 Å². The molecule has 1 aliphatic rings. The van der Waals surface area contributed by atoms with Gasteiger partial charge in [0, 0.05) is 37.9 Å². The van der Waals surface area contributed by atoms with Gasteiger partial charge in [-0.2, -0.15) is 13.2 Å². The molecule has 0 radical (unpaired) electrons. The first kappa shape index (κ1) is 24.3. The standard InChI is InChI=1S/C26H29F3N4S/c1-18(2)20-9-7-19(8-10-20)17-33-16-13-30-24(33)21-11-14-32(15-12-21)25(34)31-23-6-4-3-5-22(23)26(27,28)29/h3-10,13,16,18,21H,11-12,14-15,17H2,1-2H3,(H,31,34). The van der Waals surface area contributed by atoms with Crippen molar-refractivity contribution in [1.82, 2.24) is 14.5 Å². The molecule has 2 heterocycles. The summed E-state index contributed by atoms with van der Waals surface area (Å²) < 4.78 is 42.1. The second-order valence-corrected chi connectivity index (χ2v) is 9.43. The van der Waals surface area contributed by atoms with Crippen molar-refractivity contribution in [3.63, 3.8) is 0 Å². The molecule has 0 amide bonds. The molecule has 4 nitrogen and oxygen atoms in total. The molecule has 0 saturated carbocycles. The van der Waals surface area contributed by atoms with E-state index in [1.165, 1.54) is 23.3 Å². The van der Waals surface area contributed by atoms with Gasteiger partial charge in [0.15, 0.2) is 5.11 Å². The molecule has 1 saturated heterocycles. The molecule has 1 aliphatic heterocycles. The number of halogens is 3. The molecule has 4 rings (SSSR count). The zero-order valence-electron chi connectivity index (χ0n) is 19.3. The molecule has 3 aromatic rings. The number of hydrogen-bond acceptors (Lipinski definition) is 2. The van der Waals surface area contributed by atoms with Crippen LogP contribution >= 0.6 is 12.2 Å². The lowest BCUT2D eigenvalue weighted by molar-refractivity contribution is -0.136. The molecule has 0 atom stereocenters. The Morgan fingerprint density at radius 1 is 1.09 bits per heavy atom. The Kier molecular flexibility index (Phi) is 7.26. The molecule has 1 N–H and O–H groups in total. The van der Waals surface area contributed by atoms with Crippen molar-refractivity contribution in [2.75, 3.05) is 18.4 Å². The fourth-order valence-corrected chi connectivity index (χ4v) is 4.69. The van der Waals surface area contributed by atoms with Gasteiger partial charge in [-0.3, -0.25) is 0 Å². The number of aromatic nitrogens is 2. The van der Waals surface area contributed by atoms with Crippen molar-refractivity contribution < 1.29 is 13.2 Å². The number of rotatable bonds is 5. The van der Waals surface area contributed by atoms with E-state index in [4.69, 9.17) is 12.2 Å². The number of likely N-dealkylation sites (tertiary alicyclic amines) is 1. The van der Waals surface area contributed by atoms with Crippen molar-refractivity contribution in [3.05, 3.63) is 83.4 Å². The summed E-state index contributed by atoms with van der Waals surface area (Å²) in [5.74, 6) is 1.84. The molecule has 1 aromatic heterocycles. The fraction of sp³-hybridized carbons (Fsp3) is 0.385. The first-order chi connectivity index (χ1) is 16.2. The van der Waals surface area contributed by atoms with Gasteiger partial charge in [0.25, 0.3) is 0 Å². The number of alkyl halides is 3. The highest BCUT2D eigenvalue weighted by Gasteiger charge is 2.34. The van der Waals surface area contributed by atoms with Crippen molar-refractivity contribution in [2.45, 2.75) is 51.2 Å². The molecule has 0 spiro atoms. The van der Waals surface area contributed by atoms with Gasteiger partial charge in [0.2, 0.25) is 0 Å².